The van der Waals surface area contributed by atoms with E-state index in [2.05, 4.69) is 17.4 Å². The number of carbonyl (C=O) groups excluding carboxylic acids is 1. The summed E-state index contributed by atoms with van der Waals surface area (Å²) in [5, 5.41) is 2.82. The Morgan fingerprint density at radius 3 is 2.44 bits per heavy atom. The quantitative estimate of drug-likeness (QED) is 0.771. The zero-order chi connectivity index (χ0) is 17.7. The molecule has 1 aromatic rings. The van der Waals surface area contributed by atoms with E-state index < -0.39 is 10.0 Å². The van der Waals surface area contributed by atoms with Gasteiger partial charge in [-0.3, -0.25) is 4.79 Å². The number of nitrogens with one attached hydrogen (secondary N) is 1. The molecular weight excluding hydrogens is 336 g/mol. The average molecular weight is 365 g/mol. The van der Waals surface area contributed by atoms with E-state index in [0.717, 1.165) is 19.3 Å². The molecule has 3 rings (SSSR count). The number of benzene rings is 1. The van der Waals surface area contributed by atoms with E-state index in [9.17, 15) is 13.2 Å². The second-order valence-electron chi connectivity index (χ2n) is 7.18. The Morgan fingerprint density at radius 2 is 1.80 bits per heavy atom. The van der Waals surface area contributed by atoms with E-state index in [-0.39, 0.29) is 24.1 Å². The highest BCUT2D eigenvalue weighted by atomic mass is 32.2. The predicted molar refractivity (Wildman–Crippen MR) is 98.7 cm³/mol. The van der Waals surface area contributed by atoms with E-state index in [0.29, 0.717) is 25.4 Å². The zero-order valence-corrected chi connectivity index (χ0v) is 15.5. The van der Waals surface area contributed by atoms with Crippen LogP contribution in [-0.2, 0) is 14.8 Å². The highest BCUT2D eigenvalue weighted by Crippen LogP contribution is 2.44. The van der Waals surface area contributed by atoms with Gasteiger partial charge in [-0.2, -0.15) is 0 Å². The van der Waals surface area contributed by atoms with Crippen molar-refractivity contribution in [2.24, 2.45) is 5.92 Å². The lowest BCUT2D eigenvalue weighted by Gasteiger charge is -2.25. The molecule has 1 atom stereocenters. The van der Waals surface area contributed by atoms with Crippen LogP contribution in [0.1, 0.15) is 50.0 Å². The first-order valence-electron chi connectivity index (χ1n) is 9.36. The monoisotopic (exact) mass is 364 g/mol. The zero-order valence-electron chi connectivity index (χ0n) is 14.7. The molecule has 0 aromatic heterocycles. The van der Waals surface area contributed by atoms with Crippen LogP contribution in [-0.4, -0.2) is 44.0 Å². The standard InChI is InChI=1S/C19H28N2O3S/c22-19(15-18(17-9-10-17)16-7-3-1-4-8-16)20-11-14-25(23,24)21-12-5-2-6-13-21/h1,3-4,7-8,17-18H,2,5-6,9-15H2,(H,20,22). The first-order chi connectivity index (χ1) is 12.1. The Labute approximate surface area is 150 Å². The van der Waals surface area contributed by atoms with Crippen molar-refractivity contribution in [3.05, 3.63) is 35.9 Å². The smallest absolute Gasteiger partial charge is 0.220 e. The fraction of sp³-hybridized carbons (Fsp3) is 0.632. The predicted octanol–water partition coefficient (Wildman–Crippen LogP) is 2.50. The molecule has 2 aliphatic rings. The molecule has 0 radical (unpaired) electrons. The van der Waals surface area contributed by atoms with Crippen molar-refractivity contribution in [1.29, 1.82) is 0 Å². The second kappa shape index (κ2) is 8.32. The number of carbonyl (C=O) groups is 1. The van der Waals surface area contributed by atoms with Crippen molar-refractivity contribution in [3.63, 3.8) is 0 Å². The summed E-state index contributed by atoms with van der Waals surface area (Å²) in [5.74, 6) is 0.790. The number of sulfonamides is 1. The molecule has 0 spiro atoms. The van der Waals surface area contributed by atoms with Crippen LogP contribution in [0.3, 0.4) is 0 Å². The second-order valence-corrected chi connectivity index (χ2v) is 9.27. The molecule has 1 aromatic carbocycles. The number of nitrogens with zero attached hydrogens (tertiary/aromatic N) is 1. The summed E-state index contributed by atoms with van der Waals surface area (Å²) >= 11 is 0. The molecule has 1 unspecified atom stereocenters. The molecular formula is C19H28N2O3S. The normalized spacial score (nSPS) is 20.2. The maximum Gasteiger partial charge on any atom is 0.220 e. The average Bonchev–Trinajstić information content (AvgIpc) is 3.46. The van der Waals surface area contributed by atoms with Gasteiger partial charge in [0.15, 0.2) is 0 Å². The summed E-state index contributed by atoms with van der Waals surface area (Å²) in [6.07, 6.45) is 5.77. The number of piperidine rings is 1. The first kappa shape index (κ1) is 18.4. The number of rotatable bonds is 8. The molecule has 0 bridgehead atoms. The van der Waals surface area contributed by atoms with Crippen LogP contribution in [0.15, 0.2) is 30.3 Å². The van der Waals surface area contributed by atoms with Crippen molar-refractivity contribution in [2.75, 3.05) is 25.4 Å². The van der Waals surface area contributed by atoms with Crippen LogP contribution in [0.25, 0.3) is 0 Å². The Morgan fingerprint density at radius 1 is 1.12 bits per heavy atom. The minimum Gasteiger partial charge on any atom is -0.355 e. The van der Waals surface area contributed by atoms with E-state index in [1.807, 2.05) is 18.2 Å². The number of amides is 1. The molecule has 5 nitrogen and oxygen atoms in total. The topological polar surface area (TPSA) is 66.5 Å². The molecule has 138 valence electrons. The van der Waals surface area contributed by atoms with Gasteiger partial charge in [-0.05, 0) is 43.1 Å². The lowest BCUT2D eigenvalue weighted by molar-refractivity contribution is -0.121. The highest BCUT2D eigenvalue weighted by Gasteiger charge is 2.33. The fourth-order valence-corrected chi connectivity index (χ4v) is 5.05. The molecule has 1 heterocycles. The maximum atomic E-state index is 12.3. The molecule has 2 fully saturated rings. The van der Waals surface area contributed by atoms with Crippen LogP contribution in [0.5, 0.6) is 0 Å². The van der Waals surface area contributed by atoms with Crippen LogP contribution in [0.4, 0.5) is 0 Å². The summed E-state index contributed by atoms with van der Waals surface area (Å²) < 4.78 is 26.2. The van der Waals surface area contributed by atoms with Gasteiger partial charge >= 0.3 is 0 Å². The van der Waals surface area contributed by atoms with Gasteiger partial charge in [0, 0.05) is 26.1 Å². The Hall–Kier alpha value is -1.40. The van der Waals surface area contributed by atoms with Gasteiger partial charge in [-0.25, -0.2) is 12.7 Å². The third-order valence-electron chi connectivity index (χ3n) is 5.21. The molecule has 1 aliphatic heterocycles. The largest absolute Gasteiger partial charge is 0.355 e. The molecule has 1 aliphatic carbocycles. The number of hydrogen-bond acceptors (Lipinski definition) is 3. The Balaban J connectivity index is 1.47. The lowest BCUT2D eigenvalue weighted by Crippen LogP contribution is -2.40. The van der Waals surface area contributed by atoms with E-state index in [1.54, 1.807) is 4.31 Å². The first-order valence-corrected chi connectivity index (χ1v) is 11.0. The highest BCUT2D eigenvalue weighted by molar-refractivity contribution is 7.89. The minimum atomic E-state index is -3.25. The molecule has 1 saturated carbocycles. The van der Waals surface area contributed by atoms with Crippen molar-refractivity contribution in [1.82, 2.24) is 9.62 Å². The number of hydrogen-bond donors (Lipinski definition) is 1. The van der Waals surface area contributed by atoms with Gasteiger partial charge in [0.1, 0.15) is 0 Å². The van der Waals surface area contributed by atoms with Crippen LogP contribution >= 0.6 is 0 Å². The summed E-state index contributed by atoms with van der Waals surface area (Å²) in [6, 6.07) is 10.2. The van der Waals surface area contributed by atoms with E-state index >= 15 is 0 Å². The molecule has 1 saturated heterocycles. The Bertz CT molecular complexity index is 665. The maximum absolute atomic E-state index is 12.3. The van der Waals surface area contributed by atoms with E-state index in [1.165, 1.54) is 18.4 Å². The van der Waals surface area contributed by atoms with Crippen LogP contribution in [0.2, 0.25) is 0 Å². The van der Waals surface area contributed by atoms with Gasteiger partial charge in [0.05, 0.1) is 5.75 Å². The Kier molecular flexibility index (Phi) is 6.12. The molecule has 1 N–H and O–H groups in total. The lowest BCUT2D eigenvalue weighted by atomic mass is 9.91. The van der Waals surface area contributed by atoms with Crippen molar-refractivity contribution >= 4 is 15.9 Å². The van der Waals surface area contributed by atoms with Gasteiger partial charge < -0.3 is 5.32 Å². The summed E-state index contributed by atoms with van der Waals surface area (Å²) in [6.45, 7) is 1.44. The molecule has 25 heavy (non-hydrogen) atoms. The molecule has 1 amide bonds. The molecule has 6 heteroatoms. The third-order valence-corrected chi connectivity index (χ3v) is 7.09. The van der Waals surface area contributed by atoms with E-state index in [4.69, 9.17) is 0 Å². The summed E-state index contributed by atoms with van der Waals surface area (Å²) in [7, 11) is -3.25. The summed E-state index contributed by atoms with van der Waals surface area (Å²) in [4.78, 5) is 12.3. The van der Waals surface area contributed by atoms with Crippen molar-refractivity contribution in [3.8, 4) is 0 Å². The third kappa shape index (κ3) is 5.28. The van der Waals surface area contributed by atoms with Gasteiger partial charge in [0.2, 0.25) is 15.9 Å². The van der Waals surface area contributed by atoms with Crippen molar-refractivity contribution in [2.45, 2.75) is 44.4 Å². The van der Waals surface area contributed by atoms with Gasteiger partial charge in [-0.1, -0.05) is 36.8 Å². The van der Waals surface area contributed by atoms with Gasteiger partial charge in [0.25, 0.3) is 0 Å². The van der Waals surface area contributed by atoms with Gasteiger partial charge in [-0.15, -0.1) is 0 Å². The summed E-state index contributed by atoms with van der Waals surface area (Å²) in [5.41, 5.74) is 1.21. The fourth-order valence-electron chi connectivity index (χ4n) is 3.62. The SMILES string of the molecule is O=C(CC(c1ccccc1)C1CC1)NCCS(=O)(=O)N1CCCCC1. The van der Waals surface area contributed by atoms with Crippen LogP contribution < -0.4 is 5.32 Å². The van der Waals surface area contributed by atoms with Crippen LogP contribution in [0, 0.1) is 5.92 Å². The van der Waals surface area contributed by atoms with Crippen molar-refractivity contribution < 1.29 is 13.2 Å². The minimum absolute atomic E-state index is 0.00181.